The second kappa shape index (κ2) is 3.25. The molecule has 1 heteroatoms. The van der Waals surface area contributed by atoms with Crippen LogP contribution in [0.15, 0.2) is 24.4 Å². The van der Waals surface area contributed by atoms with E-state index in [1.54, 1.807) is 0 Å². The van der Waals surface area contributed by atoms with Crippen LogP contribution in [0.1, 0.15) is 25.1 Å². The molecular weight excluding hydrogens is 158 g/mol. The molecule has 2 rings (SSSR count). The number of fused-ring (bicyclic) bond motifs is 1. The predicted octanol–water partition coefficient (Wildman–Crippen LogP) is 3.33. The lowest BCUT2D eigenvalue weighted by Gasteiger charge is -2.10. The summed E-state index contributed by atoms with van der Waals surface area (Å²) in [6.45, 7) is 4.50. The van der Waals surface area contributed by atoms with Crippen molar-refractivity contribution in [3.63, 3.8) is 0 Å². The van der Waals surface area contributed by atoms with E-state index in [1.165, 1.54) is 11.3 Å². The molecule has 1 aromatic rings. The quantitative estimate of drug-likeness (QED) is 0.670. The Balaban J connectivity index is 2.32. The fourth-order valence-electron chi connectivity index (χ4n) is 1.61. The van der Waals surface area contributed by atoms with E-state index >= 15 is 0 Å². The van der Waals surface area contributed by atoms with Gasteiger partial charge in [-0.3, -0.25) is 0 Å². The van der Waals surface area contributed by atoms with Crippen LogP contribution in [0.5, 0.6) is 0 Å². The van der Waals surface area contributed by atoms with Crippen LogP contribution in [-0.4, -0.2) is 4.98 Å². The maximum atomic E-state index is 3.22. The average molecular weight is 173 g/mol. The van der Waals surface area contributed by atoms with Crippen molar-refractivity contribution in [3.05, 3.63) is 35.7 Å². The molecule has 1 atom stereocenters. The van der Waals surface area contributed by atoms with Gasteiger partial charge in [-0.2, -0.15) is 0 Å². The van der Waals surface area contributed by atoms with Crippen LogP contribution in [0, 0.1) is 11.8 Å². The lowest BCUT2D eigenvalue weighted by molar-refractivity contribution is 0.554. The topological polar surface area (TPSA) is 15.8 Å². The highest BCUT2D eigenvalue weighted by molar-refractivity contribution is 5.65. The number of H-pyrrole nitrogens is 1. The molecule has 0 amide bonds. The molecule has 1 heterocycles. The second-order valence-electron chi connectivity index (χ2n) is 3.89. The zero-order valence-corrected chi connectivity index (χ0v) is 8.12. The zero-order chi connectivity index (χ0) is 9.26. The van der Waals surface area contributed by atoms with Gasteiger partial charge in [0.2, 0.25) is 0 Å². The molecule has 1 nitrogen and oxygen atoms in total. The average Bonchev–Trinajstić information content (AvgIpc) is 2.44. The summed E-state index contributed by atoms with van der Waals surface area (Å²) in [5, 5.41) is 0. The molecule has 0 radical (unpaired) electrons. The van der Waals surface area contributed by atoms with Gasteiger partial charge in [-0.15, -0.1) is 0 Å². The minimum atomic E-state index is 0.570. The minimum absolute atomic E-state index is 0.570. The Labute approximate surface area is 79.2 Å². The van der Waals surface area contributed by atoms with Crippen LogP contribution in [0.3, 0.4) is 0 Å². The summed E-state index contributed by atoms with van der Waals surface area (Å²) in [7, 11) is 0. The minimum Gasteiger partial charge on any atom is -0.361 e. The highest BCUT2D eigenvalue weighted by Gasteiger charge is 2.09. The summed E-state index contributed by atoms with van der Waals surface area (Å²) < 4.78 is 0. The lowest BCUT2D eigenvalue weighted by atomic mass is 9.95. The van der Waals surface area contributed by atoms with Gasteiger partial charge in [0.1, 0.15) is 0 Å². The highest BCUT2D eigenvalue weighted by Crippen LogP contribution is 2.22. The maximum absolute atomic E-state index is 3.22. The van der Waals surface area contributed by atoms with Gasteiger partial charge in [0, 0.05) is 11.9 Å². The molecule has 1 aliphatic rings. The fourth-order valence-corrected chi connectivity index (χ4v) is 1.61. The van der Waals surface area contributed by atoms with Crippen molar-refractivity contribution < 1.29 is 0 Å². The Bertz CT molecular complexity index is 313. The monoisotopic (exact) mass is 173 g/mol. The molecule has 68 valence electrons. The van der Waals surface area contributed by atoms with Crippen LogP contribution in [-0.2, 0) is 0 Å². The van der Waals surface area contributed by atoms with E-state index in [4.69, 9.17) is 0 Å². The molecular formula is C12H15N. The van der Waals surface area contributed by atoms with E-state index in [0.717, 1.165) is 0 Å². The van der Waals surface area contributed by atoms with Gasteiger partial charge in [0.25, 0.3) is 0 Å². The first kappa shape index (κ1) is 8.36. The molecule has 1 aromatic heterocycles. The number of aromatic amines is 1. The fraction of sp³-hybridized carbons (Fsp3) is 0.333. The number of aromatic nitrogens is 1. The Kier molecular flexibility index (Phi) is 2.09. The third-order valence-corrected chi connectivity index (χ3v) is 2.57. The summed E-state index contributed by atoms with van der Waals surface area (Å²) in [5.74, 6) is 1.25. The van der Waals surface area contributed by atoms with Crippen LogP contribution < -0.4 is 0 Å². The van der Waals surface area contributed by atoms with Gasteiger partial charge in [0.05, 0.1) is 0 Å². The SMILES string of the molecule is CC(C)C1C=Cc2cc[nH]c2C=C1. The molecule has 0 spiro atoms. The Morgan fingerprint density at radius 2 is 2.00 bits per heavy atom. The van der Waals surface area contributed by atoms with Crippen molar-refractivity contribution in [1.29, 1.82) is 0 Å². The van der Waals surface area contributed by atoms with Gasteiger partial charge in [-0.1, -0.05) is 32.1 Å². The second-order valence-corrected chi connectivity index (χ2v) is 3.89. The van der Waals surface area contributed by atoms with Crippen LogP contribution >= 0.6 is 0 Å². The van der Waals surface area contributed by atoms with Gasteiger partial charge < -0.3 is 4.98 Å². The van der Waals surface area contributed by atoms with Crippen molar-refractivity contribution in [3.8, 4) is 0 Å². The summed E-state index contributed by atoms with van der Waals surface area (Å²) in [6, 6.07) is 2.11. The molecule has 0 fully saturated rings. The summed E-state index contributed by atoms with van der Waals surface area (Å²) in [5.41, 5.74) is 2.51. The molecule has 0 aromatic carbocycles. The van der Waals surface area contributed by atoms with Crippen LogP contribution in [0.25, 0.3) is 12.2 Å². The van der Waals surface area contributed by atoms with Crippen LogP contribution in [0.4, 0.5) is 0 Å². The molecule has 1 aliphatic carbocycles. The Morgan fingerprint density at radius 3 is 2.77 bits per heavy atom. The third kappa shape index (κ3) is 1.59. The summed E-state index contributed by atoms with van der Waals surface area (Å²) in [6.07, 6.45) is 10.9. The molecule has 0 saturated carbocycles. The summed E-state index contributed by atoms with van der Waals surface area (Å²) >= 11 is 0. The normalized spacial score (nSPS) is 20.4. The van der Waals surface area contributed by atoms with E-state index < -0.39 is 0 Å². The number of hydrogen-bond acceptors (Lipinski definition) is 0. The van der Waals surface area contributed by atoms with Gasteiger partial charge in [-0.25, -0.2) is 0 Å². The van der Waals surface area contributed by atoms with Crippen molar-refractivity contribution in [2.24, 2.45) is 11.8 Å². The van der Waals surface area contributed by atoms with Crippen molar-refractivity contribution in [2.75, 3.05) is 0 Å². The number of rotatable bonds is 1. The highest BCUT2D eigenvalue weighted by atomic mass is 14.7. The maximum Gasteiger partial charge on any atom is 0.0450 e. The number of allylic oxidation sites excluding steroid dienone is 2. The summed E-state index contributed by atoms with van der Waals surface area (Å²) in [4.78, 5) is 3.22. The molecule has 13 heavy (non-hydrogen) atoms. The van der Waals surface area contributed by atoms with E-state index in [-0.39, 0.29) is 0 Å². The molecule has 1 N–H and O–H groups in total. The van der Waals surface area contributed by atoms with Crippen molar-refractivity contribution in [1.82, 2.24) is 4.98 Å². The van der Waals surface area contributed by atoms with Gasteiger partial charge in [0.15, 0.2) is 0 Å². The zero-order valence-electron chi connectivity index (χ0n) is 8.12. The predicted molar refractivity (Wildman–Crippen MR) is 57.2 cm³/mol. The first-order chi connectivity index (χ1) is 6.27. The number of hydrogen-bond donors (Lipinski definition) is 1. The Morgan fingerprint density at radius 1 is 1.23 bits per heavy atom. The van der Waals surface area contributed by atoms with E-state index in [1.807, 2.05) is 6.20 Å². The molecule has 0 aliphatic heterocycles. The molecule has 1 unspecified atom stereocenters. The Hall–Kier alpha value is -1.24. The largest absolute Gasteiger partial charge is 0.361 e. The van der Waals surface area contributed by atoms with E-state index in [9.17, 15) is 0 Å². The third-order valence-electron chi connectivity index (χ3n) is 2.57. The first-order valence-corrected chi connectivity index (χ1v) is 4.81. The first-order valence-electron chi connectivity index (χ1n) is 4.81. The van der Waals surface area contributed by atoms with Crippen molar-refractivity contribution in [2.45, 2.75) is 13.8 Å². The van der Waals surface area contributed by atoms with Crippen molar-refractivity contribution >= 4 is 12.2 Å². The molecule has 0 saturated heterocycles. The standard InChI is InChI=1S/C12H15N/c1-9(2)10-3-4-11-7-8-13-12(11)6-5-10/h3-10,13H,1-2H3. The number of nitrogens with one attached hydrogen (secondary N) is 1. The van der Waals surface area contributed by atoms with E-state index in [2.05, 4.69) is 49.2 Å². The van der Waals surface area contributed by atoms with Crippen LogP contribution in [0.2, 0.25) is 0 Å². The van der Waals surface area contributed by atoms with Gasteiger partial charge >= 0.3 is 0 Å². The van der Waals surface area contributed by atoms with Gasteiger partial charge in [-0.05, 0) is 29.5 Å². The smallest absolute Gasteiger partial charge is 0.0450 e. The molecule has 0 bridgehead atoms. The van der Waals surface area contributed by atoms with E-state index in [0.29, 0.717) is 11.8 Å². The lowest BCUT2D eigenvalue weighted by Crippen LogP contribution is -2.00.